The van der Waals surface area contributed by atoms with Crippen LogP contribution in [0.2, 0.25) is 0 Å². The molecule has 0 unspecified atom stereocenters. The summed E-state index contributed by atoms with van der Waals surface area (Å²) in [5, 5.41) is 6.45. The lowest BCUT2D eigenvalue weighted by Gasteiger charge is -2.11. The molecule has 1 aromatic carbocycles. The van der Waals surface area contributed by atoms with Crippen LogP contribution in [-0.4, -0.2) is 38.8 Å². The molecule has 2 rings (SSSR count). The third-order valence-electron chi connectivity index (χ3n) is 3.76. The monoisotopic (exact) mass is 449 g/mol. The molecule has 1 saturated carbocycles. The highest BCUT2D eigenvalue weighted by atomic mass is 127. The van der Waals surface area contributed by atoms with Crippen molar-refractivity contribution in [2.24, 2.45) is 10.9 Å². The Morgan fingerprint density at radius 2 is 2.08 bits per heavy atom. The van der Waals surface area contributed by atoms with E-state index < -0.39 is 0 Å². The topological polar surface area (TPSA) is 45.7 Å². The highest BCUT2D eigenvalue weighted by Crippen LogP contribution is 2.28. The van der Waals surface area contributed by atoms with Crippen molar-refractivity contribution in [3.63, 3.8) is 0 Å². The lowest BCUT2D eigenvalue weighted by molar-refractivity contribution is 0.123. The predicted molar refractivity (Wildman–Crippen MR) is 108 cm³/mol. The van der Waals surface area contributed by atoms with Crippen molar-refractivity contribution in [3.8, 4) is 0 Å². The zero-order valence-electron chi connectivity index (χ0n) is 14.4. The number of ether oxygens (including phenoxy) is 1. The summed E-state index contributed by atoms with van der Waals surface area (Å²) in [4.78, 5) is 4.52. The minimum absolute atomic E-state index is 0. The van der Waals surface area contributed by atoms with Crippen LogP contribution >= 0.6 is 24.0 Å². The maximum atomic E-state index is 13.6. The summed E-state index contributed by atoms with van der Waals surface area (Å²) in [6.45, 7) is 5.92. The second kappa shape index (κ2) is 12.5. The van der Waals surface area contributed by atoms with E-state index in [1.165, 1.54) is 18.9 Å². The van der Waals surface area contributed by atoms with Gasteiger partial charge in [0.15, 0.2) is 5.96 Å². The van der Waals surface area contributed by atoms with Crippen LogP contribution < -0.4 is 10.6 Å². The Morgan fingerprint density at radius 3 is 2.79 bits per heavy atom. The Hall–Kier alpha value is -0.890. The van der Waals surface area contributed by atoms with Gasteiger partial charge in [-0.3, -0.25) is 4.99 Å². The first-order valence-corrected chi connectivity index (χ1v) is 8.63. The molecular weight excluding hydrogens is 420 g/mol. The fourth-order valence-corrected chi connectivity index (χ4v) is 2.25. The van der Waals surface area contributed by atoms with Crippen LogP contribution in [0, 0.1) is 11.7 Å². The minimum Gasteiger partial charge on any atom is -0.381 e. The van der Waals surface area contributed by atoms with Crippen LogP contribution in [0.15, 0.2) is 29.3 Å². The van der Waals surface area contributed by atoms with E-state index in [9.17, 15) is 4.39 Å². The lowest BCUT2D eigenvalue weighted by atomic mass is 10.1. The van der Waals surface area contributed by atoms with Crippen LogP contribution in [0.3, 0.4) is 0 Å². The van der Waals surface area contributed by atoms with Gasteiger partial charge >= 0.3 is 0 Å². The second-order valence-electron chi connectivity index (χ2n) is 5.90. The predicted octanol–water partition coefficient (Wildman–Crippen LogP) is 3.36. The molecule has 1 fully saturated rings. The maximum absolute atomic E-state index is 13.6. The Balaban J connectivity index is 0.00000288. The molecule has 1 aliphatic rings. The molecule has 0 saturated heterocycles. The van der Waals surface area contributed by atoms with Crippen molar-refractivity contribution in [1.82, 2.24) is 10.6 Å². The first-order valence-electron chi connectivity index (χ1n) is 8.63. The number of rotatable bonds is 10. The summed E-state index contributed by atoms with van der Waals surface area (Å²) >= 11 is 0. The van der Waals surface area contributed by atoms with Gasteiger partial charge in [-0.25, -0.2) is 4.39 Å². The summed E-state index contributed by atoms with van der Waals surface area (Å²) in [6.07, 6.45) is 4.22. The SMILES string of the molecule is CCNC(=NCCCOCC1CC1)NCCc1ccccc1F.I. The highest BCUT2D eigenvalue weighted by Gasteiger charge is 2.20. The summed E-state index contributed by atoms with van der Waals surface area (Å²) < 4.78 is 19.2. The number of halogens is 2. The van der Waals surface area contributed by atoms with E-state index in [0.717, 1.165) is 50.2 Å². The minimum atomic E-state index is -0.149. The molecule has 0 amide bonds. The molecule has 0 heterocycles. The van der Waals surface area contributed by atoms with Gasteiger partial charge in [0.2, 0.25) is 0 Å². The summed E-state index contributed by atoms with van der Waals surface area (Å²) in [7, 11) is 0. The van der Waals surface area contributed by atoms with Gasteiger partial charge < -0.3 is 15.4 Å². The highest BCUT2D eigenvalue weighted by molar-refractivity contribution is 14.0. The quantitative estimate of drug-likeness (QED) is 0.249. The lowest BCUT2D eigenvalue weighted by Crippen LogP contribution is -2.38. The average molecular weight is 449 g/mol. The van der Waals surface area contributed by atoms with Crippen molar-refractivity contribution in [2.75, 3.05) is 32.8 Å². The fraction of sp³-hybridized carbons (Fsp3) is 0.611. The van der Waals surface area contributed by atoms with Crippen molar-refractivity contribution in [2.45, 2.75) is 32.6 Å². The van der Waals surface area contributed by atoms with Crippen molar-refractivity contribution >= 4 is 29.9 Å². The molecule has 0 atom stereocenters. The number of hydrogen-bond donors (Lipinski definition) is 2. The average Bonchev–Trinajstić information content (AvgIpc) is 3.36. The van der Waals surface area contributed by atoms with Crippen LogP contribution in [0.4, 0.5) is 4.39 Å². The van der Waals surface area contributed by atoms with Gasteiger partial charge in [0.25, 0.3) is 0 Å². The van der Waals surface area contributed by atoms with Gasteiger partial charge in [-0.1, -0.05) is 18.2 Å². The zero-order valence-corrected chi connectivity index (χ0v) is 16.7. The number of nitrogens with zero attached hydrogens (tertiary/aromatic N) is 1. The summed E-state index contributed by atoms with van der Waals surface area (Å²) in [6, 6.07) is 6.89. The molecule has 24 heavy (non-hydrogen) atoms. The van der Waals surface area contributed by atoms with Gasteiger partial charge in [0, 0.05) is 32.8 Å². The van der Waals surface area contributed by atoms with E-state index in [0.29, 0.717) is 13.0 Å². The Bertz CT molecular complexity index is 495. The van der Waals surface area contributed by atoms with E-state index in [4.69, 9.17) is 4.74 Å². The van der Waals surface area contributed by atoms with Crippen molar-refractivity contribution in [3.05, 3.63) is 35.6 Å². The molecule has 6 heteroatoms. The zero-order chi connectivity index (χ0) is 16.3. The largest absolute Gasteiger partial charge is 0.381 e. The first-order chi connectivity index (χ1) is 11.3. The summed E-state index contributed by atoms with van der Waals surface area (Å²) in [5.74, 6) is 1.45. The van der Waals surface area contributed by atoms with Gasteiger partial charge in [0.05, 0.1) is 0 Å². The van der Waals surface area contributed by atoms with E-state index in [2.05, 4.69) is 15.6 Å². The molecular formula is C18H29FIN3O. The standard InChI is InChI=1S/C18H28FN3O.HI/c1-2-20-18(21-11-5-13-23-14-15-8-9-15)22-12-10-16-6-3-4-7-17(16)19;/h3-4,6-7,15H,2,5,8-14H2,1H3,(H2,20,21,22);1H. The smallest absolute Gasteiger partial charge is 0.191 e. The third kappa shape index (κ3) is 8.82. The molecule has 0 aromatic heterocycles. The van der Waals surface area contributed by atoms with E-state index in [1.54, 1.807) is 6.07 Å². The molecule has 136 valence electrons. The third-order valence-corrected chi connectivity index (χ3v) is 3.76. The maximum Gasteiger partial charge on any atom is 0.191 e. The van der Waals surface area contributed by atoms with Crippen LogP contribution in [0.1, 0.15) is 31.7 Å². The molecule has 1 aliphatic carbocycles. The van der Waals surface area contributed by atoms with Gasteiger partial charge in [-0.15, -0.1) is 24.0 Å². The number of benzene rings is 1. The first kappa shape index (κ1) is 21.2. The number of nitrogens with one attached hydrogen (secondary N) is 2. The van der Waals surface area contributed by atoms with Crippen molar-refractivity contribution < 1.29 is 9.13 Å². The number of hydrogen-bond acceptors (Lipinski definition) is 2. The van der Waals surface area contributed by atoms with E-state index in [-0.39, 0.29) is 29.8 Å². The number of aliphatic imine (C=N–C) groups is 1. The number of guanidine groups is 1. The molecule has 0 bridgehead atoms. The van der Waals surface area contributed by atoms with Crippen molar-refractivity contribution in [1.29, 1.82) is 0 Å². The van der Waals surface area contributed by atoms with Gasteiger partial charge in [0.1, 0.15) is 5.82 Å². The second-order valence-corrected chi connectivity index (χ2v) is 5.90. The van der Waals surface area contributed by atoms with Gasteiger partial charge in [-0.2, -0.15) is 0 Å². The normalized spacial score (nSPS) is 14.2. The summed E-state index contributed by atoms with van der Waals surface area (Å²) in [5.41, 5.74) is 0.726. The fourth-order valence-electron chi connectivity index (χ4n) is 2.25. The molecule has 0 radical (unpaired) electrons. The van der Waals surface area contributed by atoms with Crippen LogP contribution in [0.5, 0.6) is 0 Å². The van der Waals surface area contributed by atoms with Crippen LogP contribution in [-0.2, 0) is 11.2 Å². The Labute approximate surface area is 161 Å². The molecule has 4 nitrogen and oxygen atoms in total. The Morgan fingerprint density at radius 1 is 1.29 bits per heavy atom. The molecule has 0 spiro atoms. The Kier molecular flexibility index (Phi) is 11.0. The van der Waals surface area contributed by atoms with E-state index >= 15 is 0 Å². The molecule has 1 aromatic rings. The van der Waals surface area contributed by atoms with Gasteiger partial charge in [-0.05, 0) is 50.2 Å². The van der Waals surface area contributed by atoms with E-state index in [1.807, 2.05) is 19.1 Å². The van der Waals surface area contributed by atoms with Crippen LogP contribution in [0.25, 0.3) is 0 Å². The molecule has 0 aliphatic heterocycles. The molecule has 2 N–H and O–H groups in total.